The second kappa shape index (κ2) is 8.13. The van der Waals surface area contributed by atoms with Crippen molar-refractivity contribution in [3.63, 3.8) is 0 Å². The van der Waals surface area contributed by atoms with Gasteiger partial charge in [0.1, 0.15) is 0 Å². The molecule has 0 aliphatic rings. The molecule has 0 spiro atoms. The van der Waals surface area contributed by atoms with Crippen molar-refractivity contribution < 1.29 is 4.79 Å². The Labute approximate surface area is 176 Å². The molecule has 0 aliphatic carbocycles. The van der Waals surface area contributed by atoms with E-state index < -0.39 is 0 Å². The first-order valence-corrected chi connectivity index (χ1v) is 10.1. The molecule has 1 atom stereocenters. The van der Waals surface area contributed by atoms with E-state index in [1.165, 1.54) is 0 Å². The highest BCUT2D eigenvalue weighted by Crippen LogP contribution is 2.31. The molecule has 0 fully saturated rings. The first kappa shape index (κ1) is 19.9. The zero-order valence-corrected chi connectivity index (χ0v) is 17.5. The number of nitrogens with zero attached hydrogens (tertiary/aromatic N) is 2. The zero-order chi connectivity index (χ0) is 21.3. The Bertz CT molecular complexity index is 1230. The van der Waals surface area contributed by atoms with Crippen molar-refractivity contribution in [2.24, 2.45) is 12.8 Å². The average molecular weight is 399 g/mol. The Hall–Kier alpha value is -3.44. The molecule has 5 heteroatoms. The van der Waals surface area contributed by atoms with Crippen molar-refractivity contribution in [3.8, 4) is 11.1 Å². The molecule has 1 heterocycles. The van der Waals surface area contributed by atoms with Crippen LogP contribution in [0.15, 0.2) is 67.0 Å². The van der Waals surface area contributed by atoms with E-state index in [4.69, 9.17) is 5.73 Å². The Kier molecular flexibility index (Phi) is 5.38. The lowest BCUT2D eigenvalue weighted by Gasteiger charge is -2.19. The Morgan fingerprint density at radius 2 is 1.93 bits per heavy atom. The minimum absolute atomic E-state index is 0.0915. The van der Waals surface area contributed by atoms with E-state index in [0.717, 1.165) is 38.6 Å². The van der Waals surface area contributed by atoms with Gasteiger partial charge >= 0.3 is 0 Å². The molecule has 0 radical (unpaired) electrons. The third kappa shape index (κ3) is 3.84. The fourth-order valence-electron chi connectivity index (χ4n) is 3.83. The number of fused-ring (bicyclic) bond motifs is 1. The molecule has 0 saturated carbocycles. The predicted molar refractivity (Wildman–Crippen MR) is 121 cm³/mol. The lowest BCUT2D eigenvalue weighted by molar-refractivity contribution is 0.0939. The first-order chi connectivity index (χ1) is 14.5. The van der Waals surface area contributed by atoms with Crippen LogP contribution < -0.4 is 11.1 Å². The number of carbonyl (C=O) groups excluding carboxylic acids is 1. The van der Waals surface area contributed by atoms with Crippen LogP contribution in [0, 0.1) is 6.92 Å². The third-order valence-electron chi connectivity index (χ3n) is 5.53. The summed E-state index contributed by atoms with van der Waals surface area (Å²) in [5.41, 5.74) is 11.5. The molecule has 30 heavy (non-hydrogen) atoms. The van der Waals surface area contributed by atoms with Crippen LogP contribution in [0.4, 0.5) is 0 Å². The number of aromatic nitrogens is 2. The van der Waals surface area contributed by atoms with E-state index in [9.17, 15) is 4.79 Å². The summed E-state index contributed by atoms with van der Waals surface area (Å²) in [6.07, 6.45) is 3.86. The summed E-state index contributed by atoms with van der Waals surface area (Å²) in [4.78, 5) is 13.0. The molecule has 3 N–H and O–H groups in total. The number of carbonyl (C=O) groups is 1. The van der Waals surface area contributed by atoms with Gasteiger partial charge in [-0.15, -0.1) is 0 Å². The van der Waals surface area contributed by atoms with Crippen molar-refractivity contribution in [2.45, 2.75) is 26.4 Å². The molecule has 1 unspecified atom stereocenters. The second-order valence-electron chi connectivity index (χ2n) is 7.74. The Balaban J connectivity index is 1.72. The van der Waals surface area contributed by atoms with Gasteiger partial charge in [-0.25, -0.2) is 0 Å². The highest BCUT2D eigenvalue weighted by molar-refractivity contribution is 5.97. The molecule has 3 aromatic carbocycles. The number of aryl methyl sites for hydroxylation is 2. The molecule has 1 amide bonds. The monoisotopic (exact) mass is 398 g/mol. The number of hydrogen-bond donors (Lipinski definition) is 2. The summed E-state index contributed by atoms with van der Waals surface area (Å²) >= 11 is 0. The topological polar surface area (TPSA) is 72.9 Å². The van der Waals surface area contributed by atoms with Gasteiger partial charge < -0.3 is 11.1 Å². The maximum absolute atomic E-state index is 13.0. The van der Waals surface area contributed by atoms with Crippen molar-refractivity contribution in [1.29, 1.82) is 0 Å². The summed E-state index contributed by atoms with van der Waals surface area (Å²) in [6.45, 7) is 4.38. The first-order valence-electron chi connectivity index (χ1n) is 10.1. The van der Waals surface area contributed by atoms with Crippen molar-refractivity contribution in [3.05, 3.63) is 89.2 Å². The standard InChI is InChI=1S/C25H26N4O/c1-16-8-9-18(13-26)10-23(16)25(30)28-17(2)24-12-20(21-14-27-29(3)15-21)11-19-6-4-5-7-22(19)24/h4-12,14-15,17H,13,26H2,1-3H3,(H,28,30). The number of rotatable bonds is 5. The van der Waals surface area contributed by atoms with E-state index in [-0.39, 0.29) is 11.9 Å². The van der Waals surface area contributed by atoms with Crippen LogP contribution in [0.25, 0.3) is 21.9 Å². The van der Waals surface area contributed by atoms with Gasteiger partial charge in [0.05, 0.1) is 12.2 Å². The van der Waals surface area contributed by atoms with Crippen LogP contribution >= 0.6 is 0 Å². The second-order valence-corrected chi connectivity index (χ2v) is 7.74. The van der Waals surface area contributed by atoms with Crippen LogP contribution in [0.1, 0.15) is 40.0 Å². The Morgan fingerprint density at radius 3 is 2.67 bits per heavy atom. The summed E-state index contributed by atoms with van der Waals surface area (Å²) < 4.78 is 1.79. The smallest absolute Gasteiger partial charge is 0.252 e. The number of nitrogens with one attached hydrogen (secondary N) is 1. The highest BCUT2D eigenvalue weighted by atomic mass is 16.1. The van der Waals surface area contributed by atoms with Crippen LogP contribution in [0.3, 0.4) is 0 Å². The van der Waals surface area contributed by atoms with Gasteiger partial charge in [-0.1, -0.05) is 36.4 Å². The molecule has 5 nitrogen and oxygen atoms in total. The van der Waals surface area contributed by atoms with Gasteiger partial charge in [-0.2, -0.15) is 5.10 Å². The molecule has 4 aromatic rings. The van der Waals surface area contributed by atoms with Crippen molar-refractivity contribution >= 4 is 16.7 Å². The van der Waals surface area contributed by atoms with Gasteiger partial charge in [0.15, 0.2) is 0 Å². The van der Waals surface area contributed by atoms with Crippen molar-refractivity contribution in [1.82, 2.24) is 15.1 Å². The molecular formula is C25H26N4O. The fraction of sp³-hybridized carbons (Fsp3) is 0.200. The number of nitrogens with two attached hydrogens (primary N) is 1. The Morgan fingerprint density at radius 1 is 1.13 bits per heavy atom. The van der Waals surface area contributed by atoms with Gasteiger partial charge in [-0.05, 0) is 65.1 Å². The normalized spacial score (nSPS) is 12.1. The van der Waals surface area contributed by atoms with E-state index >= 15 is 0 Å². The number of benzene rings is 3. The third-order valence-corrected chi connectivity index (χ3v) is 5.53. The van der Waals surface area contributed by atoms with E-state index in [1.807, 2.05) is 63.6 Å². The quantitative estimate of drug-likeness (QED) is 0.520. The molecule has 152 valence electrons. The van der Waals surface area contributed by atoms with Crippen molar-refractivity contribution in [2.75, 3.05) is 0 Å². The summed E-state index contributed by atoms with van der Waals surface area (Å²) in [5, 5.41) is 9.74. The van der Waals surface area contributed by atoms with Gasteiger partial charge in [0, 0.05) is 30.9 Å². The van der Waals surface area contributed by atoms with Crippen LogP contribution in [-0.4, -0.2) is 15.7 Å². The fourth-order valence-corrected chi connectivity index (χ4v) is 3.83. The SMILES string of the molecule is Cc1ccc(CN)cc1C(=O)NC(C)c1cc(-c2cnn(C)c2)cc2ccccc12. The van der Waals surface area contributed by atoms with E-state index in [0.29, 0.717) is 12.1 Å². The molecule has 0 saturated heterocycles. The van der Waals surface area contributed by atoms with E-state index in [2.05, 4.69) is 34.7 Å². The highest BCUT2D eigenvalue weighted by Gasteiger charge is 2.17. The molecular weight excluding hydrogens is 372 g/mol. The maximum atomic E-state index is 13.0. The summed E-state index contributed by atoms with van der Waals surface area (Å²) in [6, 6.07) is 18.2. The van der Waals surface area contributed by atoms with Gasteiger partial charge in [0.25, 0.3) is 5.91 Å². The van der Waals surface area contributed by atoms with E-state index in [1.54, 1.807) is 4.68 Å². The molecule has 1 aromatic heterocycles. The minimum atomic E-state index is -0.167. The minimum Gasteiger partial charge on any atom is -0.345 e. The lowest BCUT2D eigenvalue weighted by atomic mass is 9.94. The maximum Gasteiger partial charge on any atom is 0.252 e. The van der Waals surface area contributed by atoms with Crippen LogP contribution in [0.5, 0.6) is 0 Å². The number of hydrogen-bond acceptors (Lipinski definition) is 3. The molecule has 0 aliphatic heterocycles. The average Bonchev–Trinajstić information content (AvgIpc) is 3.19. The predicted octanol–water partition coefficient (Wildman–Crippen LogP) is 4.50. The van der Waals surface area contributed by atoms with Crippen LogP contribution in [-0.2, 0) is 13.6 Å². The number of amides is 1. The summed E-state index contributed by atoms with van der Waals surface area (Å²) in [7, 11) is 1.91. The zero-order valence-electron chi connectivity index (χ0n) is 17.5. The van der Waals surface area contributed by atoms with Gasteiger partial charge in [0.2, 0.25) is 0 Å². The lowest BCUT2D eigenvalue weighted by Crippen LogP contribution is -2.27. The van der Waals surface area contributed by atoms with Crippen LogP contribution in [0.2, 0.25) is 0 Å². The molecule has 0 bridgehead atoms. The summed E-state index contributed by atoms with van der Waals surface area (Å²) in [5.74, 6) is -0.0915. The largest absolute Gasteiger partial charge is 0.345 e. The van der Waals surface area contributed by atoms with Gasteiger partial charge in [-0.3, -0.25) is 9.48 Å². The molecule has 4 rings (SSSR count).